The second-order valence-corrected chi connectivity index (χ2v) is 10.6. The maximum atomic E-state index is 13.9. The molecule has 4 aromatic rings. The zero-order valence-corrected chi connectivity index (χ0v) is 23.6. The first-order valence-corrected chi connectivity index (χ1v) is 13.7. The fraction of sp³-hybridized carbons (Fsp3) is 0.300. The van der Waals surface area contributed by atoms with Crippen molar-refractivity contribution in [2.24, 2.45) is 16.5 Å². The highest BCUT2D eigenvalue weighted by Gasteiger charge is 2.22. The average Bonchev–Trinajstić information content (AvgIpc) is 3.39. The number of fused-ring (bicyclic) bond motifs is 1. The molecule has 0 bridgehead atoms. The number of amidine groups is 1. The number of hydrogen-bond acceptors (Lipinski definition) is 7. The Bertz CT molecular complexity index is 1610. The predicted molar refractivity (Wildman–Crippen MR) is 159 cm³/mol. The second kappa shape index (κ2) is 12.2. The van der Waals surface area contributed by atoms with Crippen molar-refractivity contribution in [2.75, 3.05) is 19.0 Å². The topological polar surface area (TPSA) is 129 Å². The van der Waals surface area contributed by atoms with Crippen molar-refractivity contribution in [2.45, 2.75) is 44.7 Å². The standard InChI is InChI=1S/C30H32ClFN6O3/c1-17-11-22(41-16-28(39)40-2)8-9-23(17)18-12-27-29(36-21-6-4-20(33)5-7-21)24(14-35-38(27)15-18)30(34)37-26-13-19(32)3-10-25(26)31/h3,8-15,20-21,36H,4-7,16,33H2,1-2H3,(H2,34,37). The van der Waals surface area contributed by atoms with Gasteiger partial charge in [0, 0.05) is 29.9 Å². The number of aromatic nitrogens is 2. The van der Waals surface area contributed by atoms with E-state index in [4.69, 9.17) is 27.8 Å². The van der Waals surface area contributed by atoms with Crippen LogP contribution in [0.2, 0.25) is 5.02 Å². The first kappa shape index (κ1) is 28.4. The van der Waals surface area contributed by atoms with Gasteiger partial charge in [-0.15, -0.1) is 0 Å². The lowest BCUT2D eigenvalue weighted by atomic mass is 9.91. The molecule has 11 heteroatoms. The zero-order chi connectivity index (χ0) is 29.1. The summed E-state index contributed by atoms with van der Waals surface area (Å²) in [6, 6.07) is 12.0. The van der Waals surface area contributed by atoms with Gasteiger partial charge in [-0.1, -0.05) is 17.7 Å². The Hall–Kier alpha value is -4.15. The number of ether oxygens (including phenoxy) is 2. The molecular formula is C30H32ClFN6O3. The van der Waals surface area contributed by atoms with E-state index in [1.165, 1.54) is 25.3 Å². The molecule has 41 heavy (non-hydrogen) atoms. The Kier molecular flexibility index (Phi) is 8.41. The van der Waals surface area contributed by atoms with Crippen molar-refractivity contribution in [1.29, 1.82) is 0 Å². The van der Waals surface area contributed by atoms with Crippen LogP contribution in [0.5, 0.6) is 5.75 Å². The molecule has 1 saturated carbocycles. The summed E-state index contributed by atoms with van der Waals surface area (Å²) in [7, 11) is 1.32. The van der Waals surface area contributed by atoms with Gasteiger partial charge in [-0.25, -0.2) is 18.7 Å². The molecule has 214 valence electrons. The van der Waals surface area contributed by atoms with Gasteiger partial charge in [-0.3, -0.25) is 0 Å². The highest BCUT2D eigenvalue weighted by molar-refractivity contribution is 6.33. The molecule has 2 aromatic heterocycles. The maximum Gasteiger partial charge on any atom is 0.343 e. The summed E-state index contributed by atoms with van der Waals surface area (Å²) < 4.78 is 25.9. The molecule has 0 unspecified atom stereocenters. The van der Waals surface area contributed by atoms with Gasteiger partial charge in [0.25, 0.3) is 0 Å². The van der Waals surface area contributed by atoms with E-state index in [-0.39, 0.29) is 30.2 Å². The summed E-state index contributed by atoms with van der Waals surface area (Å²) in [4.78, 5) is 15.9. The van der Waals surface area contributed by atoms with Crippen LogP contribution >= 0.6 is 11.6 Å². The van der Waals surface area contributed by atoms with Crippen molar-refractivity contribution in [3.05, 3.63) is 76.8 Å². The molecule has 0 saturated heterocycles. The summed E-state index contributed by atoms with van der Waals surface area (Å²) >= 11 is 6.26. The molecular weight excluding hydrogens is 547 g/mol. The van der Waals surface area contributed by atoms with Crippen molar-refractivity contribution >= 4 is 40.3 Å². The molecule has 1 fully saturated rings. The Morgan fingerprint density at radius 1 is 1.20 bits per heavy atom. The highest BCUT2D eigenvalue weighted by Crippen LogP contribution is 2.34. The summed E-state index contributed by atoms with van der Waals surface area (Å²) in [5.74, 6) is -0.179. The number of nitrogens with one attached hydrogen (secondary N) is 1. The minimum atomic E-state index is -0.459. The lowest BCUT2D eigenvalue weighted by Crippen LogP contribution is -2.33. The van der Waals surface area contributed by atoms with Gasteiger partial charge >= 0.3 is 5.97 Å². The van der Waals surface area contributed by atoms with Crippen molar-refractivity contribution < 1.29 is 18.7 Å². The molecule has 1 aliphatic carbocycles. The normalized spacial score (nSPS) is 17.4. The number of benzene rings is 2. The minimum Gasteiger partial charge on any atom is -0.482 e. The number of nitrogens with two attached hydrogens (primary N) is 2. The van der Waals surface area contributed by atoms with Crippen LogP contribution in [-0.4, -0.2) is 47.2 Å². The molecule has 0 atom stereocenters. The fourth-order valence-electron chi connectivity index (χ4n) is 5.03. The molecule has 0 aliphatic heterocycles. The quantitative estimate of drug-likeness (QED) is 0.145. The number of aryl methyl sites for hydroxylation is 1. The molecule has 5 rings (SSSR count). The third kappa shape index (κ3) is 6.44. The number of carbonyl (C=O) groups is 1. The van der Waals surface area contributed by atoms with Crippen LogP contribution in [-0.2, 0) is 9.53 Å². The molecule has 0 radical (unpaired) electrons. The van der Waals surface area contributed by atoms with E-state index in [1.54, 1.807) is 10.7 Å². The van der Waals surface area contributed by atoms with Gasteiger partial charge in [0.2, 0.25) is 0 Å². The van der Waals surface area contributed by atoms with E-state index in [1.807, 2.05) is 37.4 Å². The Labute approximate surface area is 242 Å². The maximum absolute atomic E-state index is 13.9. The summed E-state index contributed by atoms with van der Waals surface area (Å²) in [6.07, 6.45) is 7.27. The van der Waals surface area contributed by atoms with Crippen molar-refractivity contribution in [3.63, 3.8) is 0 Å². The van der Waals surface area contributed by atoms with Gasteiger partial charge in [0.05, 0.1) is 40.8 Å². The SMILES string of the molecule is COC(=O)COc1ccc(-c2cc3c(NC4CCC(N)CC4)c(/C(N)=N/c4cc(F)ccc4Cl)cnn3c2)c(C)c1. The Balaban J connectivity index is 1.54. The van der Waals surface area contributed by atoms with E-state index in [0.717, 1.165) is 53.6 Å². The Morgan fingerprint density at radius 2 is 1.98 bits per heavy atom. The summed E-state index contributed by atoms with van der Waals surface area (Å²) in [6.45, 7) is 1.81. The van der Waals surface area contributed by atoms with Crippen LogP contribution in [0.4, 0.5) is 15.8 Å². The number of rotatable bonds is 8. The lowest BCUT2D eigenvalue weighted by Gasteiger charge is -2.28. The van der Waals surface area contributed by atoms with E-state index in [0.29, 0.717) is 16.3 Å². The van der Waals surface area contributed by atoms with E-state index in [2.05, 4.69) is 20.1 Å². The van der Waals surface area contributed by atoms with Gasteiger partial charge in [0.15, 0.2) is 6.61 Å². The molecule has 0 spiro atoms. The number of halogens is 2. The molecule has 5 N–H and O–H groups in total. The van der Waals surface area contributed by atoms with Gasteiger partial charge in [-0.2, -0.15) is 5.10 Å². The predicted octanol–water partition coefficient (Wildman–Crippen LogP) is 5.37. The smallest absolute Gasteiger partial charge is 0.343 e. The minimum absolute atomic E-state index is 0.161. The number of methoxy groups -OCH3 is 1. The summed E-state index contributed by atoms with van der Waals surface area (Å²) in [5, 5.41) is 8.58. The van der Waals surface area contributed by atoms with E-state index < -0.39 is 11.8 Å². The van der Waals surface area contributed by atoms with E-state index in [9.17, 15) is 9.18 Å². The van der Waals surface area contributed by atoms with Gasteiger partial charge in [0.1, 0.15) is 17.4 Å². The van der Waals surface area contributed by atoms with Crippen LogP contribution in [0.1, 0.15) is 36.8 Å². The monoisotopic (exact) mass is 578 g/mol. The molecule has 2 aromatic carbocycles. The largest absolute Gasteiger partial charge is 0.482 e. The average molecular weight is 579 g/mol. The van der Waals surface area contributed by atoms with Crippen LogP contribution in [0.15, 0.2) is 59.9 Å². The highest BCUT2D eigenvalue weighted by atomic mass is 35.5. The number of esters is 1. The molecule has 9 nitrogen and oxygen atoms in total. The molecule has 0 amide bonds. The zero-order valence-electron chi connectivity index (χ0n) is 22.9. The molecule has 2 heterocycles. The number of carbonyl (C=O) groups excluding carboxylic acids is 1. The van der Waals surface area contributed by atoms with Gasteiger partial charge in [-0.05, 0) is 74.1 Å². The number of aliphatic imine (C=N–C) groups is 1. The fourth-order valence-corrected chi connectivity index (χ4v) is 5.19. The van der Waals surface area contributed by atoms with Crippen molar-refractivity contribution in [3.8, 4) is 16.9 Å². The molecule has 1 aliphatic rings. The third-order valence-electron chi connectivity index (χ3n) is 7.28. The van der Waals surface area contributed by atoms with Crippen LogP contribution in [0.25, 0.3) is 16.6 Å². The van der Waals surface area contributed by atoms with Crippen molar-refractivity contribution in [1.82, 2.24) is 9.61 Å². The van der Waals surface area contributed by atoms with Crippen LogP contribution in [0, 0.1) is 12.7 Å². The number of nitrogens with zero attached hydrogens (tertiary/aromatic N) is 3. The van der Waals surface area contributed by atoms with E-state index >= 15 is 0 Å². The Morgan fingerprint density at radius 3 is 2.71 bits per heavy atom. The first-order valence-electron chi connectivity index (χ1n) is 13.4. The lowest BCUT2D eigenvalue weighted by molar-refractivity contribution is -0.142. The first-order chi connectivity index (χ1) is 19.7. The van der Waals surface area contributed by atoms with Crippen LogP contribution in [0.3, 0.4) is 0 Å². The van der Waals surface area contributed by atoms with Crippen LogP contribution < -0.4 is 21.5 Å². The van der Waals surface area contributed by atoms with Gasteiger partial charge < -0.3 is 26.3 Å². The second-order valence-electron chi connectivity index (χ2n) is 10.2. The number of anilines is 1. The summed E-state index contributed by atoms with van der Waals surface area (Å²) in [5.41, 5.74) is 17.9. The third-order valence-corrected chi connectivity index (χ3v) is 7.60. The number of hydrogen-bond donors (Lipinski definition) is 3.